The predicted molar refractivity (Wildman–Crippen MR) is 82.6 cm³/mol. The number of nitrogens with zero attached hydrogens (tertiary/aromatic N) is 3. The van der Waals surface area contributed by atoms with Crippen molar-refractivity contribution in [3.63, 3.8) is 0 Å². The Labute approximate surface area is 135 Å². The summed E-state index contributed by atoms with van der Waals surface area (Å²) in [4.78, 5) is 14.7. The van der Waals surface area contributed by atoms with Crippen molar-refractivity contribution < 1.29 is 18.3 Å². The molecule has 0 saturated carbocycles. The summed E-state index contributed by atoms with van der Waals surface area (Å²) in [7, 11) is 1.49. The molecular formula is C16H25F2N3O2. The standard InChI is InChI=1S/C16H25F2N3O2/c1-11(2)9-12-7-5-4-6-8-21(12)15(22)13-10-14(20(3)19-13)23-16(17)18/h10-12,16H,4-9H2,1-3H3/t12-/m0/s1. The topological polar surface area (TPSA) is 47.4 Å². The Morgan fingerprint density at radius 3 is 2.78 bits per heavy atom. The Kier molecular flexibility index (Phi) is 5.96. The number of amides is 1. The summed E-state index contributed by atoms with van der Waals surface area (Å²) in [5, 5.41) is 4.05. The minimum Gasteiger partial charge on any atom is -0.417 e. The van der Waals surface area contributed by atoms with Gasteiger partial charge in [0.2, 0.25) is 5.88 Å². The van der Waals surface area contributed by atoms with E-state index in [-0.39, 0.29) is 23.5 Å². The van der Waals surface area contributed by atoms with Crippen LogP contribution in [-0.4, -0.2) is 39.8 Å². The van der Waals surface area contributed by atoms with Crippen LogP contribution in [0.15, 0.2) is 6.07 Å². The van der Waals surface area contributed by atoms with E-state index in [0.29, 0.717) is 12.5 Å². The van der Waals surface area contributed by atoms with Crippen molar-refractivity contribution in [3.8, 4) is 5.88 Å². The SMILES string of the molecule is CC(C)C[C@@H]1CCCCCN1C(=O)c1cc(OC(F)F)n(C)n1. The van der Waals surface area contributed by atoms with Crippen molar-refractivity contribution in [2.45, 2.75) is 58.6 Å². The molecule has 2 heterocycles. The number of ether oxygens (including phenoxy) is 1. The molecule has 1 fully saturated rings. The monoisotopic (exact) mass is 329 g/mol. The van der Waals surface area contributed by atoms with Crippen LogP contribution >= 0.6 is 0 Å². The maximum Gasteiger partial charge on any atom is 0.388 e. The lowest BCUT2D eigenvalue weighted by atomic mass is 9.98. The first-order chi connectivity index (χ1) is 10.9. The lowest BCUT2D eigenvalue weighted by Gasteiger charge is -2.30. The molecule has 7 heteroatoms. The summed E-state index contributed by atoms with van der Waals surface area (Å²) in [5.74, 6) is 0.200. The first-order valence-corrected chi connectivity index (χ1v) is 8.18. The van der Waals surface area contributed by atoms with Gasteiger partial charge in [0.1, 0.15) is 0 Å². The Hall–Kier alpha value is -1.66. The third kappa shape index (κ3) is 4.65. The van der Waals surface area contributed by atoms with Crippen molar-refractivity contribution in [1.29, 1.82) is 0 Å². The van der Waals surface area contributed by atoms with Crippen LogP contribution in [0.2, 0.25) is 0 Å². The van der Waals surface area contributed by atoms with E-state index in [0.717, 1.165) is 32.1 Å². The highest BCUT2D eigenvalue weighted by molar-refractivity contribution is 5.92. The summed E-state index contributed by atoms with van der Waals surface area (Å²) < 4.78 is 30.3. The fraction of sp³-hybridized carbons (Fsp3) is 0.750. The largest absolute Gasteiger partial charge is 0.417 e. The molecule has 0 spiro atoms. The number of aryl methyl sites for hydroxylation is 1. The van der Waals surface area contributed by atoms with Gasteiger partial charge in [-0.15, -0.1) is 0 Å². The number of aromatic nitrogens is 2. The smallest absolute Gasteiger partial charge is 0.388 e. The van der Waals surface area contributed by atoms with E-state index in [4.69, 9.17) is 0 Å². The summed E-state index contributed by atoms with van der Waals surface area (Å²) >= 11 is 0. The zero-order valence-corrected chi connectivity index (χ0v) is 14.0. The number of alkyl halides is 2. The molecule has 1 atom stereocenters. The van der Waals surface area contributed by atoms with E-state index in [1.807, 2.05) is 4.90 Å². The maximum absolute atomic E-state index is 12.8. The van der Waals surface area contributed by atoms with Crippen LogP contribution in [0.1, 0.15) is 56.4 Å². The molecule has 0 bridgehead atoms. The fourth-order valence-electron chi connectivity index (χ4n) is 3.14. The third-order valence-corrected chi connectivity index (χ3v) is 4.15. The van der Waals surface area contributed by atoms with Crippen molar-refractivity contribution in [1.82, 2.24) is 14.7 Å². The Balaban J connectivity index is 2.18. The van der Waals surface area contributed by atoms with E-state index in [1.165, 1.54) is 17.8 Å². The van der Waals surface area contributed by atoms with E-state index in [2.05, 4.69) is 23.7 Å². The summed E-state index contributed by atoms with van der Waals surface area (Å²) in [6, 6.07) is 1.48. The molecule has 0 aromatic carbocycles. The molecule has 2 rings (SSSR count). The van der Waals surface area contributed by atoms with Gasteiger partial charge < -0.3 is 9.64 Å². The zero-order chi connectivity index (χ0) is 17.0. The van der Waals surface area contributed by atoms with Gasteiger partial charge in [-0.25, -0.2) is 4.68 Å². The molecule has 1 aromatic rings. The van der Waals surface area contributed by atoms with E-state index < -0.39 is 6.61 Å². The molecule has 0 aliphatic carbocycles. The summed E-state index contributed by atoms with van der Waals surface area (Å²) in [6.07, 6.45) is 5.12. The van der Waals surface area contributed by atoms with Crippen LogP contribution in [0.5, 0.6) is 5.88 Å². The molecule has 0 unspecified atom stereocenters. The van der Waals surface area contributed by atoms with Crippen LogP contribution < -0.4 is 4.74 Å². The van der Waals surface area contributed by atoms with Gasteiger partial charge in [0.25, 0.3) is 5.91 Å². The highest BCUT2D eigenvalue weighted by atomic mass is 19.3. The number of halogens is 2. The van der Waals surface area contributed by atoms with Crippen LogP contribution in [0, 0.1) is 5.92 Å². The highest BCUT2D eigenvalue weighted by Gasteiger charge is 2.29. The number of hydrogen-bond acceptors (Lipinski definition) is 3. The molecule has 5 nitrogen and oxygen atoms in total. The lowest BCUT2D eigenvalue weighted by Crippen LogP contribution is -2.41. The number of carbonyl (C=O) groups is 1. The zero-order valence-electron chi connectivity index (χ0n) is 14.0. The van der Waals surface area contributed by atoms with Crippen LogP contribution in [0.3, 0.4) is 0 Å². The second kappa shape index (κ2) is 7.75. The van der Waals surface area contributed by atoms with Gasteiger partial charge in [-0.05, 0) is 25.2 Å². The quantitative estimate of drug-likeness (QED) is 0.831. The normalized spacial score (nSPS) is 19.3. The van der Waals surface area contributed by atoms with E-state index in [1.54, 1.807) is 0 Å². The van der Waals surface area contributed by atoms with Crippen molar-refractivity contribution in [3.05, 3.63) is 11.8 Å². The summed E-state index contributed by atoms with van der Waals surface area (Å²) in [5.41, 5.74) is 0.166. The molecular weight excluding hydrogens is 304 g/mol. The van der Waals surface area contributed by atoms with E-state index >= 15 is 0 Å². The van der Waals surface area contributed by atoms with E-state index in [9.17, 15) is 13.6 Å². The average Bonchev–Trinajstić information content (AvgIpc) is 2.68. The Morgan fingerprint density at radius 1 is 1.39 bits per heavy atom. The van der Waals surface area contributed by atoms with Gasteiger partial charge in [-0.2, -0.15) is 13.9 Å². The predicted octanol–water partition coefficient (Wildman–Crippen LogP) is 3.45. The average molecular weight is 329 g/mol. The molecule has 1 amide bonds. The van der Waals surface area contributed by atoms with Gasteiger partial charge in [0, 0.05) is 25.7 Å². The van der Waals surface area contributed by atoms with Gasteiger partial charge in [-0.3, -0.25) is 4.79 Å². The number of carbonyl (C=O) groups excluding carboxylic acids is 1. The van der Waals surface area contributed by atoms with Gasteiger partial charge >= 0.3 is 6.61 Å². The molecule has 1 aliphatic rings. The molecule has 130 valence electrons. The van der Waals surface area contributed by atoms with Gasteiger partial charge in [0.15, 0.2) is 5.69 Å². The van der Waals surface area contributed by atoms with Crippen LogP contribution in [-0.2, 0) is 7.05 Å². The minimum absolute atomic E-state index is 0.0985. The first-order valence-electron chi connectivity index (χ1n) is 8.18. The molecule has 0 N–H and O–H groups in total. The van der Waals surface area contributed by atoms with Gasteiger partial charge in [0.05, 0.1) is 0 Å². The molecule has 1 aliphatic heterocycles. The number of rotatable bonds is 5. The highest BCUT2D eigenvalue weighted by Crippen LogP contribution is 2.25. The molecule has 1 aromatic heterocycles. The minimum atomic E-state index is -2.93. The van der Waals surface area contributed by atoms with Crippen LogP contribution in [0.25, 0.3) is 0 Å². The first kappa shape index (κ1) is 17.7. The van der Waals surface area contributed by atoms with Crippen molar-refractivity contribution >= 4 is 5.91 Å². The molecule has 1 saturated heterocycles. The molecule has 0 radical (unpaired) electrons. The number of hydrogen-bond donors (Lipinski definition) is 0. The second-order valence-electron chi connectivity index (χ2n) is 6.50. The number of likely N-dealkylation sites (tertiary alicyclic amines) is 1. The Morgan fingerprint density at radius 2 is 2.13 bits per heavy atom. The van der Waals surface area contributed by atoms with Crippen molar-refractivity contribution in [2.24, 2.45) is 13.0 Å². The third-order valence-electron chi connectivity index (χ3n) is 4.15. The second-order valence-corrected chi connectivity index (χ2v) is 6.50. The van der Waals surface area contributed by atoms with Crippen LogP contribution in [0.4, 0.5) is 8.78 Å². The summed E-state index contributed by atoms with van der Waals surface area (Å²) in [6.45, 7) is 2.05. The van der Waals surface area contributed by atoms with Crippen molar-refractivity contribution in [2.75, 3.05) is 6.54 Å². The Bertz CT molecular complexity index is 531. The maximum atomic E-state index is 12.8. The van der Waals surface area contributed by atoms with Gasteiger partial charge in [-0.1, -0.05) is 26.7 Å². The lowest BCUT2D eigenvalue weighted by molar-refractivity contribution is -0.0553. The fourth-order valence-corrected chi connectivity index (χ4v) is 3.14. The molecule has 23 heavy (non-hydrogen) atoms.